The summed E-state index contributed by atoms with van der Waals surface area (Å²) in [4.78, 5) is 24.5. The second-order valence-corrected chi connectivity index (χ2v) is 6.88. The van der Waals surface area contributed by atoms with Gasteiger partial charge >= 0.3 is 0 Å². The highest BCUT2D eigenvalue weighted by Crippen LogP contribution is 2.37. The molecular weight excluding hydrogens is 344 g/mol. The lowest BCUT2D eigenvalue weighted by Gasteiger charge is -2.27. The topological polar surface area (TPSA) is 94.0 Å². The molecule has 3 N–H and O–H groups in total. The van der Waals surface area contributed by atoms with Crippen molar-refractivity contribution in [3.05, 3.63) is 43.8 Å². The molecule has 0 radical (unpaired) electrons. The van der Waals surface area contributed by atoms with E-state index in [1.165, 1.54) is 4.57 Å². The van der Waals surface area contributed by atoms with Crippen LogP contribution in [-0.2, 0) is 6.54 Å². The number of nitrogens with zero attached hydrogens (tertiary/aromatic N) is 1. The third kappa shape index (κ3) is 2.32. The highest BCUT2D eigenvalue weighted by atomic mass is 19.1. The number of H-pyrrole nitrogens is 1. The first-order chi connectivity index (χ1) is 12.4. The summed E-state index contributed by atoms with van der Waals surface area (Å²) >= 11 is 0. The van der Waals surface area contributed by atoms with Gasteiger partial charge in [0.25, 0.3) is 5.56 Å². The summed E-state index contributed by atoms with van der Waals surface area (Å²) in [5.74, 6) is -1.80. The van der Waals surface area contributed by atoms with E-state index in [-0.39, 0.29) is 46.1 Å². The molecule has 3 aromatic rings. The van der Waals surface area contributed by atoms with Gasteiger partial charge in [-0.15, -0.1) is 0 Å². The molecule has 26 heavy (non-hydrogen) atoms. The number of fused-ring (bicyclic) bond motifs is 2. The van der Waals surface area contributed by atoms with Crippen molar-refractivity contribution < 1.29 is 13.3 Å². The molecule has 0 bridgehead atoms. The Hall–Kier alpha value is -2.48. The van der Waals surface area contributed by atoms with Crippen LogP contribution < -0.4 is 16.7 Å². The van der Waals surface area contributed by atoms with Crippen LogP contribution in [0, 0.1) is 11.6 Å². The van der Waals surface area contributed by atoms with Crippen LogP contribution in [0.15, 0.2) is 20.2 Å². The summed E-state index contributed by atoms with van der Waals surface area (Å²) in [6.07, 6.45) is 2.60. The molecule has 0 unspecified atom stereocenters. The van der Waals surface area contributed by atoms with E-state index in [0.717, 1.165) is 6.07 Å². The van der Waals surface area contributed by atoms with Crippen LogP contribution in [0.1, 0.15) is 44.1 Å². The van der Waals surface area contributed by atoms with Crippen molar-refractivity contribution >= 4 is 22.0 Å². The number of hydrogen-bond donors (Lipinski definition) is 2. The molecule has 1 saturated carbocycles. The van der Waals surface area contributed by atoms with Gasteiger partial charge in [-0.2, -0.15) is 5.16 Å². The summed E-state index contributed by atoms with van der Waals surface area (Å²) in [5.41, 5.74) is 4.38. The largest absolute Gasteiger partial charge is 0.360 e. The van der Waals surface area contributed by atoms with Gasteiger partial charge in [0, 0.05) is 18.2 Å². The molecule has 0 amide bonds. The van der Waals surface area contributed by atoms with Gasteiger partial charge in [-0.3, -0.25) is 9.59 Å². The summed E-state index contributed by atoms with van der Waals surface area (Å²) < 4.78 is 36.7. The molecule has 0 atom stereocenters. The highest BCUT2D eigenvalue weighted by Gasteiger charge is 2.29. The molecule has 1 aliphatic carbocycles. The Labute approximate surface area is 146 Å². The summed E-state index contributed by atoms with van der Waals surface area (Å²) in [6, 6.07) is 1.10. The molecule has 2 aromatic heterocycles. The van der Waals surface area contributed by atoms with Gasteiger partial charge in [0.15, 0.2) is 11.2 Å². The molecular formula is C18H19F2N3O3. The van der Waals surface area contributed by atoms with Gasteiger partial charge in [-0.1, -0.05) is 0 Å². The average molecular weight is 363 g/mol. The Kier molecular flexibility index (Phi) is 3.95. The molecule has 0 spiro atoms. The van der Waals surface area contributed by atoms with E-state index in [1.54, 1.807) is 6.92 Å². The van der Waals surface area contributed by atoms with Crippen molar-refractivity contribution in [2.45, 2.75) is 51.1 Å². The number of hydrogen-bond acceptors (Lipinski definition) is 4. The molecule has 8 heteroatoms. The van der Waals surface area contributed by atoms with E-state index < -0.39 is 22.6 Å². The fourth-order valence-electron chi connectivity index (χ4n) is 4.06. The Morgan fingerprint density at radius 1 is 1.27 bits per heavy atom. The van der Waals surface area contributed by atoms with Crippen LogP contribution in [0.4, 0.5) is 8.78 Å². The Bertz CT molecular complexity index is 1120. The maximum absolute atomic E-state index is 15.4. The second kappa shape index (κ2) is 6.05. The number of rotatable bonds is 2. The number of aryl methyl sites for hydroxylation is 1. The van der Waals surface area contributed by atoms with Crippen molar-refractivity contribution in [1.82, 2.24) is 9.72 Å². The molecule has 6 nitrogen and oxygen atoms in total. The minimum Gasteiger partial charge on any atom is -0.360 e. The van der Waals surface area contributed by atoms with Crippen LogP contribution in [0.25, 0.3) is 22.0 Å². The molecule has 0 aliphatic heterocycles. The molecule has 1 aromatic carbocycles. The summed E-state index contributed by atoms with van der Waals surface area (Å²) in [7, 11) is 0. The molecule has 0 saturated heterocycles. The third-order valence-electron chi connectivity index (χ3n) is 5.39. The second-order valence-electron chi connectivity index (χ2n) is 6.88. The predicted octanol–water partition coefficient (Wildman–Crippen LogP) is 2.72. The third-order valence-corrected chi connectivity index (χ3v) is 5.39. The van der Waals surface area contributed by atoms with Crippen molar-refractivity contribution in [1.29, 1.82) is 0 Å². The summed E-state index contributed by atoms with van der Waals surface area (Å²) in [5, 5.41) is 1.72. The average Bonchev–Trinajstić information content (AvgIpc) is 3.00. The highest BCUT2D eigenvalue weighted by molar-refractivity contribution is 5.91. The SMILES string of the molecule is CCn1c2o[nH]c(=O)c2c(=O)c2cc(F)c(C3CCC(N)CC3)c(F)c21. The first kappa shape index (κ1) is 17.0. The van der Waals surface area contributed by atoms with E-state index in [1.807, 2.05) is 0 Å². The van der Waals surface area contributed by atoms with Crippen LogP contribution in [0.5, 0.6) is 0 Å². The van der Waals surface area contributed by atoms with Crippen molar-refractivity contribution in [2.75, 3.05) is 0 Å². The van der Waals surface area contributed by atoms with Gasteiger partial charge in [0.2, 0.25) is 11.1 Å². The molecule has 2 heterocycles. The van der Waals surface area contributed by atoms with E-state index in [0.29, 0.717) is 25.7 Å². The zero-order valence-electron chi connectivity index (χ0n) is 14.3. The molecule has 4 rings (SSSR count). The minimum atomic E-state index is -0.759. The number of pyridine rings is 1. The minimum absolute atomic E-state index is 0.0109. The first-order valence-electron chi connectivity index (χ1n) is 8.75. The quantitative estimate of drug-likeness (QED) is 0.732. The number of benzene rings is 1. The standard InChI is InChI=1S/C18H19F2N3O3/c1-2-23-15-10(16(24)13-17(25)22-26-18(13)23)7-11(19)12(14(15)20)8-3-5-9(21)6-4-8/h7-9H,2-6,21H2,1H3,(H,22,25). The number of aromatic amines is 1. The fraction of sp³-hybridized carbons (Fsp3) is 0.444. The van der Waals surface area contributed by atoms with Crippen molar-refractivity contribution in [3.63, 3.8) is 0 Å². The van der Waals surface area contributed by atoms with Crippen LogP contribution in [-0.4, -0.2) is 15.8 Å². The van der Waals surface area contributed by atoms with E-state index in [9.17, 15) is 14.0 Å². The maximum atomic E-state index is 15.4. The first-order valence-corrected chi connectivity index (χ1v) is 8.75. The van der Waals surface area contributed by atoms with E-state index in [2.05, 4.69) is 5.16 Å². The number of nitrogens with one attached hydrogen (secondary N) is 1. The lowest BCUT2D eigenvalue weighted by molar-refractivity contribution is 0.377. The Balaban J connectivity index is 2.07. The van der Waals surface area contributed by atoms with Gasteiger partial charge < -0.3 is 14.8 Å². The van der Waals surface area contributed by atoms with E-state index in [4.69, 9.17) is 10.3 Å². The van der Waals surface area contributed by atoms with Crippen LogP contribution in [0.2, 0.25) is 0 Å². The van der Waals surface area contributed by atoms with Crippen molar-refractivity contribution in [2.24, 2.45) is 5.73 Å². The van der Waals surface area contributed by atoms with Crippen LogP contribution >= 0.6 is 0 Å². The predicted molar refractivity (Wildman–Crippen MR) is 93.4 cm³/mol. The van der Waals surface area contributed by atoms with Gasteiger partial charge in [0.05, 0.1) is 10.9 Å². The lowest BCUT2D eigenvalue weighted by atomic mass is 9.81. The number of nitrogens with two attached hydrogens (primary N) is 1. The molecule has 138 valence electrons. The number of halogens is 2. The van der Waals surface area contributed by atoms with Crippen molar-refractivity contribution in [3.8, 4) is 0 Å². The van der Waals surface area contributed by atoms with Crippen LogP contribution in [0.3, 0.4) is 0 Å². The number of aromatic nitrogens is 2. The summed E-state index contributed by atoms with van der Waals surface area (Å²) in [6.45, 7) is 1.99. The Morgan fingerprint density at radius 2 is 1.96 bits per heavy atom. The normalized spacial score (nSPS) is 20.9. The fourth-order valence-corrected chi connectivity index (χ4v) is 4.06. The smallest absolute Gasteiger partial charge is 0.293 e. The van der Waals surface area contributed by atoms with Gasteiger partial charge in [-0.25, -0.2) is 8.78 Å². The van der Waals surface area contributed by atoms with E-state index >= 15 is 4.39 Å². The monoisotopic (exact) mass is 363 g/mol. The molecule has 1 aliphatic rings. The zero-order valence-corrected chi connectivity index (χ0v) is 14.3. The van der Waals surface area contributed by atoms with Gasteiger partial charge in [0.1, 0.15) is 5.82 Å². The maximum Gasteiger partial charge on any atom is 0.293 e. The Morgan fingerprint density at radius 3 is 2.62 bits per heavy atom. The molecule has 1 fully saturated rings. The zero-order chi connectivity index (χ0) is 18.6. The lowest BCUT2D eigenvalue weighted by Crippen LogP contribution is -2.26. The van der Waals surface area contributed by atoms with Gasteiger partial charge in [-0.05, 0) is 44.6 Å².